The number of carbonyl (C=O) groups is 1. The molecule has 0 radical (unpaired) electrons. The van der Waals surface area contributed by atoms with Crippen molar-refractivity contribution in [2.24, 2.45) is 5.73 Å². The van der Waals surface area contributed by atoms with Crippen LogP contribution >= 0.6 is 12.4 Å². The molecule has 1 saturated carbocycles. The third-order valence-corrected chi connectivity index (χ3v) is 3.65. The average molecular weight is 323 g/mol. The lowest BCUT2D eigenvalue weighted by Gasteiger charge is -2.18. The lowest BCUT2D eigenvalue weighted by molar-refractivity contribution is -0.137. The monoisotopic (exact) mass is 322 g/mol. The van der Waals surface area contributed by atoms with Crippen LogP contribution in [0.1, 0.15) is 30.4 Å². The van der Waals surface area contributed by atoms with Gasteiger partial charge < -0.3 is 11.1 Å². The van der Waals surface area contributed by atoms with E-state index in [-0.39, 0.29) is 36.7 Å². The van der Waals surface area contributed by atoms with Gasteiger partial charge in [-0.15, -0.1) is 12.4 Å². The van der Waals surface area contributed by atoms with Crippen LogP contribution in [-0.2, 0) is 16.4 Å². The minimum Gasteiger partial charge on any atom is -0.355 e. The first-order chi connectivity index (χ1) is 9.37. The van der Waals surface area contributed by atoms with Gasteiger partial charge in [0.25, 0.3) is 0 Å². The molecular weight excluding hydrogens is 305 g/mol. The SMILES string of the molecule is Cl.NCCC(=O)NCC1(c2cccc(C(F)(F)F)c2)CC1. The normalized spacial score (nSPS) is 16.0. The molecule has 1 aromatic carbocycles. The Bertz CT molecular complexity index is 501. The smallest absolute Gasteiger partial charge is 0.355 e. The van der Waals surface area contributed by atoms with Crippen molar-refractivity contribution in [1.82, 2.24) is 5.32 Å². The van der Waals surface area contributed by atoms with Crippen LogP contribution < -0.4 is 11.1 Å². The summed E-state index contributed by atoms with van der Waals surface area (Å²) < 4.78 is 38.1. The minimum absolute atomic E-state index is 0. The molecule has 0 heterocycles. The number of hydrogen-bond acceptors (Lipinski definition) is 2. The Morgan fingerprint density at radius 2 is 2.00 bits per heavy atom. The predicted octanol–water partition coefficient (Wildman–Crippen LogP) is 2.62. The highest BCUT2D eigenvalue weighted by molar-refractivity contribution is 5.85. The molecule has 1 amide bonds. The Kier molecular flexibility index (Phi) is 5.64. The maximum absolute atomic E-state index is 12.7. The molecule has 3 nitrogen and oxygen atoms in total. The van der Waals surface area contributed by atoms with Crippen LogP contribution in [0.4, 0.5) is 13.2 Å². The van der Waals surface area contributed by atoms with Crippen molar-refractivity contribution < 1.29 is 18.0 Å². The van der Waals surface area contributed by atoms with Crippen molar-refractivity contribution in [1.29, 1.82) is 0 Å². The third-order valence-electron chi connectivity index (χ3n) is 3.65. The van der Waals surface area contributed by atoms with Crippen molar-refractivity contribution in [3.8, 4) is 0 Å². The molecule has 1 aliphatic carbocycles. The van der Waals surface area contributed by atoms with Crippen LogP contribution in [0.15, 0.2) is 24.3 Å². The van der Waals surface area contributed by atoms with Crippen LogP contribution in [0.5, 0.6) is 0 Å². The van der Waals surface area contributed by atoms with E-state index in [1.165, 1.54) is 12.1 Å². The molecule has 0 atom stereocenters. The van der Waals surface area contributed by atoms with E-state index in [0.29, 0.717) is 12.1 Å². The number of halogens is 4. The fraction of sp³-hybridized carbons (Fsp3) is 0.500. The van der Waals surface area contributed by atoms with Crippen LogP contribution in [0.2, 0.25) is 0 Å². The maximum Gasteiger partial charge on any atom is 0.416 e. The topological polar surface area (TPSA) is 55.1 Å². The van der Waals surface area contributed by atoms with E-state index < -0.39 is 11.7 Å². The lowest BCUT2D eigenvalue weighted by atomic mass is 9.94. The molecule has 1 aromatic rings. The molecule has 7 heteroatoms. The van der Waals surface area contributed by atoms with E-state index in [9.17, 15) is 18.0 Å². The first-order valence-corrected chi connectivity index (χ1v) is 6.52. The van der Waals surface area contributed by atoms with Gasteiger partial charge in [-0.1, -0.05) is 18.2 Å². The van der Waals surface area contributed by atoms with E-state index in [2.05, 4.69) is 5.32 Å². The number of benzene rings is 1. The number of nitrogens with two attached hydrogens (primary N) is 1. The van der Waals surface area contributed by atoms with Gasteiger partial charge in [0.05, 0.1) is 5.56 Å². The molecule has 0 saturated heterocycles. The molecule has 21 heavy (non-hydrogen) atoms. The molecule has 3 N–H and O–H groups in total. The van der Waals surface area contributed by atoms with Gasteiger partial charge in [0.2, 0.25) is 5.91 Å². The first-order valence-electron chi connectivity index (χ1n) is 6.52. The highest BCUT2D eigenvalue weighted by atomic mass is 35.5. The summed E-state index contributed by atoms with van der Waals surface area (Å²) in [5.41, 5.74) is 4.93. The van der Waals surface area contributed by atoms with Crippen LogP contribution in [-0.4, -0.2) is 19.0 Å². The molecule has 0 bridgehead atoms. The second kappa shape index (κ2) is 6.66. The molecule has 118 valence electrons. The summed E-state index contributed by atoms with van der Waals surface area (Å²) >= 11 is 0. The molecule has 0 aromatic heterocycles. The fourth-order valence-corrected chi connectivity index (χ4v) is 2.23. The van der Waals surface area contributed by atoms with Crippen molar-refractivity contribution in [3.05, 3.63) is 35.4 Å². The van der Waals surface area contributed by atoms with E-state index >= 15 is 0 Å². The van der Waals surface area contributed by atoms with Crippen molar-refractivity contribution in [3.63, 3.8) is 0 Å². The van der Waals surface area contributed by atoms with Gasteiger partial charge in [0.1, 0.15) is 0 Å². The fourth-order valence-electron chi connectivity index (χ4n) is 2.23. The summed E-state index contributed by atoms with van der Waals surface area (Å²) in [6.45, 7) is 0.634. The summed E-state index contributed by atoms with van der Waals surface area (Å²) in [6.07, 6.45) is -2.53. The highest BCUT2D eigenvalue weighted by Crippen LogP contribution is 2.48. The largest absolute Gasteiger partial charge is 0.416 e. The maximum atomic E-state index is 12.7. The van der Waals surface area contributed by atoms with Gasteiger partial charge in [0.15, 0.2) is 0 Å². The molecule has 0 aliphatic heterocycles. The van der Waals surface area contributed by atoms with Gasteiger partial charge in [-0.3, -0.25) is 4.79 Å². The Morgan fingerprint density at radius 1 is 1.33 bits per heavy atom. The molecule has 0 spiro atoms. The van der Waals surface area contributed by atoms with Crippen molar-refractivity contribution in [2.75, 3.05) is 13.1 Å². The molecule has 2 rings (SSSR count). The number of nitrogens with one attached hydrogen (secondary N) is 1. The molecule has 1 aliphatic rings. The molecule has 0 unspecified atom stereocenters. The summed E-state index contributed by atoms with van der Waals surface area (Å²) in [7, 11) is 0. The highest BCUT2D eigenvalue weighted by Gasteiger charge is 2.45. The second-order valence-corrected chi connectivity index (χ2v) is 5.17. The second-order valence-electron chi connectivity index (χ2n) is 5.17. The van der Waals surface area contributed by atoms with Crippen molar-refractivity contribution >= 4 is 18.3 Å². The van der Waals surface area contributed by atoms with Gasteiger partial charge in [-0.05, 0) is 24.5 Å². The number of hydrogen-bond donors (Lipinski definition) is 2. The lowest BCUT2D eigenvalue weighted by Crippen LogP contribution is -2.33. The van der Waals surface area contributed by atoms with E-state index in [4.69, 9.17) is 5.73 Å². The van der Waals surface area contributed by atoms with E-state index in [1.54, 1.807) is 6.07 Å². The standard InChI is InChI=1S/C14H17F3N2O.ClH/c15-14(16,17)11-3-1-2-10(8-11)13(5-6-13)9-19-12(20)4-7-18;/h1-3,8H,4-7,9,18H2,(H,19,20);1H. The average Bonchev–Trinajstić information content (AvgIpc) is 3.17. The van der Waals surface area contributed by atoms with Gasteiger partial charge >= 0.3 is 6.18 Å². The number of amides is 1. The summed E-state index contributed by atoms with van der Waals surface area (Å²) in [6, 6.07) is 5.35. The minimum atomic E-state index is -4.34. The quantitative estimate of drug-likeness (QED) is 0.875. The summed E-state index contributed by atoms with van der Waals surface area (Å²) in [5.74, 6) is -0.161. The first kappa shape index (κ1) is 17.8. The molecular formula is C14H18ClF3N2O. The van der Waals surface area contributed by atoms with E-state index in [0.717, 1.165) is 18.9 Å². The van der Waals surface area contributed by atoms with Crippen LogP contribution in [0.25, 0.3) is 0 Å². The van der Waals surface area contributed by atoms with Gasteiger partial charge in [-0.25, -0.2) is 0 Å². The van der Waals surface area contributed by atoms with E-state index in [1.807, 2.05) is 0 Å². The Labute approximate surface area is 127 Å². The van der Waals surface area contributed by atoms with Gasteiger partial charge in [0, 0.05) is 24.9 Å². The predicted molar refractivity (Wildman–Crippen MR) is 76.3 cm³/mol. The Hall–Kier alpha value is -1.27. The Balaban J connectivity index is 0.00000220. The summed E-state index contributed by atoms with van der Waals surface area (Å²) in [5, 5.41) is 2.74. The molecule has 1 fully saturated rings. The van der Waals surface area contributed by atoms with Gasteiger partial charge in [-0.2, -0.15) is 13.2 Å². The zero-order valence-electron chi connectivity index (χ0n) is 11.4. The number of alkyl halides is 3. The number of carbonyl (C=O) groups excluding carboxylic acids is 1. The zero-order chi connectivity index (χ0) is 14.8. The van der Waals surface area contributed by atoms with Crippen LogP contribution in [0, 0.1) is 0 Å². The zero-order valence-corrected chi connectivity index (χ0v) is 12.2. The summed E-state index contributed by atoms with van der Waals surface area (Å²) in [4.78, 5) is 11.4. The van der Waals surface area contributed by atoms with Crippen molar-refractivity contribution in [2.45, 2.75) is 30.9 Å². The third kappa shape index (κ3) is 4.35. The Morgan fingerprint density at radius 3 is 2.52 bits per heavy atom. The van der Waals surface area contributed by atoms with Crippen LogP contribution in [0.3, 0.4) is 0 Å². The number of rotatable bonds is 5.